The third-order valence-corrected chi connectivity index (χ3v) is 15.6. The summed E-state index contributed by atoms with van der Waals surface area (Å²) < 4.78 is 2.52. The van der Waals surface area contributed by atoms with Crippen molar-refractivity contribution in [2.24, 2.45) is 0 Å². The first-order chi connectivity index (χ1) is 19.6. The average molecular weight is 533 g/mol. The van der Waals surface area contributed by atoms with E-state index < -0.39 is 8.07 Å². The molecule has 1 saturated heterocycles. The van der Waals surface area contributed by atoms with Gasteiger partial charge in [-0.1, -0.05) is 99.5 Å². The lowest BCUT2D eigenvalue weighted by atomic mass is 9.75. The fourth-order valence-corrected chi connectivity index (χ4v) is 14.0. The minimum Gasteiger partial charge on any atom is -0.311 e. The van der Waals surface area contributed by atoms with Crippen LogP contribution in [-0.4, -0.2) is 12.6 Å². The van der Waals surface area contributed by atoms with Crippen LogP contribution in [0.15, 0.2) is 109 Å². The number of rotatable bonds is 1. The maximum Gasteiger partial charge on any atom is 0.123 e. The molecule has 194 valence electrons. The maximum atomic E-state index is 2.56. The summed E-state index contributed by atoms with van der Waals surface area (Å²) in [7, 11) is -1.74. The fraction of sp³-hybridized carbons (Fsp3) is 0.189. The Bertz CT molecular complexity index is 1960. The van der Waals surface area contributed by atoms with Crippen molar-refractivity contribution >= 4 is 57.3 Å². The molecule has 1 spiro atoms. The van der Waals surface area contributed by atoms with Crippen molar-refractivity contribution < 1.29 is 0 Å². The van der Waals surface area contributed by atoms with Crippen LogP contribution in [0.2, 0.25) is 12.1 Å². The van der Waals surface area contributed by atoms with Gasteiger partial charge in [-0.05, 0) is 70.0 Å². The normalized spacial score (nSPS) is 17.7. The summed E-state index contributed by atoms with van der Waals surface area (Å²) in [6.07, 6.45) is 2.72. The molecule has 1 fully saturated rings. The van der Waals surface area contributed by atoms with Gasteiger partial charge in [0, 0.05) is 33.2 Å². The molecule has 0 atom stereocenters. The molecule has 0 amide bonds. The Kier molecular flexibility index (Phi) is 4.41. The van der Waals surface area contributed by atoms with Crippen molar-refractivity contribution in [1.29, 1.82) is 0 Å². The number of nitrogens with zero attached hydrogens (tertiary/aromatic N) is 2. The molecule has 0 saturated carbocycles. The predicted molar refractivity (Wildman–Crippen MR) is 171 cm³/mol. The van der Waals surface area contributed by atoms with E-state index in [1.807, 2.05) is 0 Å². The summed E-state index contributed by atoms with van der Waals surface area (Å²) in [4.78, 5) is 2.56. The molecule has 3 aliphatic heterocycles. The number of aromatic nitrogens is 1. The Morgan fingerprint density at radius 1 is 0.600 bits per heavy atom. The first-order valence-corrected chi connectivity index (χ1v) is 17.2. The molecule has 0 aliphatic carbocycles. The molecule has 0 unspecified atom stereocenters. The quantitative estimate of drug-likeness (QED) is 0.193. The first-order valence-electron chi connectivity index (χ1n) is 14.8. The highest BCUT2D eigenvalue weighted by Crippen LogP contribution is 2.49. The smallest absolute Gasteiger partial charge is 0.123 e. The van der Waals surface area contributed by atoms with Crippen LogP contribution in [0.1, 0.15) is 37.8 Å². The van der Waals surface area contributed by atoms with Gasteiger partial charge >= 0.3 is 0 Å². The number of hydrogen-bond acceptors (Lipinski definition) is 1. The van der Waals surface area contributed by atoms with Gasteiger partial charge in [-0.3, -0.25) is 0 Å². The Labute approximate surface area is 236 Å². The van der Waals surface area contributed by atoms with Crippen molar-refractivity contribution in [2.45, 2.75) is 44.2 Å². The predicted octanol–water partition coefficient (Wildman–Crippen LogP) is 8.56. The maximum absolute atomic E-state index is 2.56. The first kappa shape index (κ1) is 22.7. The van der Waals surface area contributed by atoms with Crippen molar-refractivity contribution in [3.8, 4) is 5.69 Å². The van der Waals surface area contributed by atoms with Crippen LogP contribution in [0.5, 0.6) is 0 Å². The molecule has 0 N–H and O–H groups in total. The largest absolute Gasteiger partial charge is 0.311 e. The van der Waals surface area contributed by atoms with E-state index in [-0.39, 0.29) is 5.41 Å². The molecule has 1 aromatic heterocycles. The highest BCUT2D eigenvalue weighted by atomic mass is 28.3. The van der Waals surface area contributed by atoms with Crippen LogP contribution in [0, 0.1) is 0 Å². The lowest BCUT2D eigenvalue weighted by Gasteiger charge is -2.42. The van der Waals surface area contributed by atoms with E-state index in [1.54, 1.807) is 10.4 Å². The second-order valence-corrected chi connectivity index (χ2v) is 16.8. The van der Waals surface area contributed by atoms with Crippen molar-refractivity contribution in [2.75, 3.05) is 4.90 Å². The summed E-state index contributed by atoms with van der Waals surface area (Å²) in [5.41, 5.74) is 10.8. The van der Waals surface area contributed by atoms with Crippen LogP contribution in [-0.2, 0) is 5.41 Å². The Balaban J connectivity index is 1.34. The summed E-state index contributed by atoms with van der Waals surface area (Å²) in [5, 5.41) is 5.93. The number of fused-ring (bicyclic) bond motifs is 9. The van der Waals surface area contributed by atoms with E-state index in [0.29, 0.717) is 0 Å². The van der Waals surface area contributed by atoms with Gasteiger partial charge in [-0.15, -0.1) is 0 Å². The highest BCUT2D eigenvalue weighted by Gasteiger charge is 2.47. The van der Waals surface area contributed by atoms with Crippen molar-refractivity contribution in [3.63, 3.8) is 0 Å². The third kappa shape index (κ3) is 2.69. The zero-order chi connectivity index (χ0) is 26.6. The Morgan fingerprint density at radius 2 is 1.23 bits per heavy atom. The molecule has 5 aromatic carbocycles. The van der Waals surface area contributed by atoms with E-state index in [0.717, 1.165) is 0 Å². The highest BCUT2D eigenvalue weighted by molar-refractivity contribution is 7.05. The van der Waals surface area contributed by atoms with Crippen molar-refractivity contribution in [3.05, 3.63) is 120 Å². The van der Waals surface area contributed by atoms with Crippen LogP contribution >= 0.6 is 0 Å². The third-order valence-electron chi connectivity index (χ3n) is 10.3. The number of anilines is 3. The zero-order valence-corrected chi connectivity index (χ0v) is 24.1. The van der Waals surface area contributed by atoms with Crippen LogP contribution in [0.4, 0.5) is 17.1 Å². The van der Waals surface area contributed by atoms with Crippen LogP contribution < -0.4 is 15.3 Å². The SMILES string of the molecule is CC1(C)c2ccccc2-n2c3ccc(N4c5ccccc5[Si]5(CCCC5)c5ccccc54)cc3c3cccc1c32. The molecule has 0 bridgehead atoms. The summed E-state index contributed by atoms with van der Waals surface area (Å²) in [5.74, 6) is 0. The molecular weight excluding hydrogens is 501 g/mol. The van der Waals surface area contributed by atoms with Gasteiger partial charge in [-0.25, -0.2) is 0 Å². The van der Waals surface area contributed by atoms with Gasteiger partial charge in [0.1, 0.15) is 8.07 Å². The number of para-hydroxylation sites is 4. The van der Waals surface area contributed by atoms with Gasteiger partial charge in [0.2, 0.25) is 0 Å². The molecule has 9 rings (SSSR count). The molecule has 3 aliphatic rings. The van der Waals surface area contributed by atoms with Gasteiger partial charge < -0.3 is 9.47 Å². The van der Waals surface area contributed by atoms with Crippen LogP contribution in [0.3, 0.4) is 0 Å². The standard InChI is InChI=1S/C37H32N2Si/c1-37(2)28-13-3-4-15-31(28)39-30-21-20-25(24-27(30)26-12-11-14-29(37)36(26)39)38-32-16-5-7-18-34(32)40(22-9-10-23-40)35-19-8-6-17-33(35)38/h3-8,11-21,24H,9-10,22-23H2,1-2H3. The molecule has 0 radical (unpaired) electrons. The lowest BCUT2D eigenvalue weighted by Crippen LogP contribution is -2.60. The van der Waals surface area contributed by atoms with E-state index >= 15 is 0 Å². The molecular formula is C37H32N2Si. The monoisotopic (exact) mass is 532 g/mol. The molecule has 2 nitrogen and oxygen atoms in total. The van der Waals surface area contributed by atoms with Gasteiger partial charge in [-0.2, -0.15) is 0 Å². The summed E-state index contributed by atoms with van der Waals surface area (Å²) >= 11 is 0. The fourth-order valence-electron chi connectivity index (χ4n) is 8.51. The van der Waals surface area contributed by atoms with E-state index in [4.69, 9.17) is 0 Å². The zero-order valence-electron chi connectivity index (χ0n) is 23.1. The minimum absolute atomic E-state index is 0.0473. The number of benzene rings is 5. The second kappa shape index (κ2) is 7.77. The van der Waals surface area contributed by atoms with Gasteiger partial charge in [0.15, 0.2) is 0 Å². The van der Waals surface area contributed by atoms with E-state index in [2.05, 4.69) is 133 Å². The summed E-state index contributed by atoms with van der Waals surface area (Å²) in [6, 6.07) is 44.5. The van der Waals surface area contributed by atoms with Crippen molar-refractivity contribution in [1.82, 2.24) is 4.57 Å². The second-order valence-electron chi connectivity index (χ2n) is 12.5. The molecule has 4 heterocycles. The molecule has 6 aromatic rings. The Morgan fingerprint density at radius 3 is 1.95 bits per heavy atom. The van der Waals surface area contributed by atoms with Gasteiger partial charge in [0.05, 0.1) is 16.7 Å². The topological polar surface area (TPSA) is 8.17 Å². The Hall–Kier alpha value is -4.08. The number of hydrogen-bond donors (Lipinski definition) is 0. The average Bonchev–Trinajstić information content (AvgIpc) is 3.61. The minimum atomic E-state index is -1.74. The van der Waals surface area contributed by atoms with Crippen LogP contribution in [0.25, 0.3) is 27.5 Å². The van der Waals surface area contributed by atoms with E-state index in [9.17, 15) is 0 Å². The molecule has 40 heavy (non-hydrogen) atoms. The summed E-state index contributed by atoms with van der Waals surface area (Å²) in [6.45, 7) is 4.75. The molecule has 3 heteroatoms. The lowest BCUT2D eigenvalue weighted by molar-refractivity contribution is 0.630. The van der Waals surface area contributed by atoms with E-state index in [1.165, 1.54) is 80.6 Å². The van der Waals surface area contributed by atoms with Gasteiger partial charge in [0.25, 0.3) is 0 Å².